The summed E-state index contributed by atoms with van der Waals surface area (Å²) in [5.74, 6) is 0.524. The van der Waals surface area contributed by atoms with Gasteiger partial charge in [-0.25, -0.2) is 15.0 Å². The van der Waals surface area contributed by atoms with Crippen LogP contribution in [0.5, 0.6) is 0 Å². The van der Waals surface area contributed by atoms with Crippen molar-refractivity contribution < 1.29 is 19.4 Å². The minimum atomic E-state index is -0.700. The maximum absolute atomic E-state index is 12.3. The Morgan fingerprint density at radius 2 is 2.35 bits per heavy atom. The third-order valence-electron chi connectivity index (χ3n) is 4.21. The fourth-order valence-corrected chi connectivity index (χ4v) is 3.33. The van der Waals surface area contributed by atoms with Gasteiger partial charge in [0.05, 0.1) is 19.0 Å². The summed E-state index contributed by atoms with van der Waals surface area (Å²) >= 11 is 1.61. The maximum Gasteiger partial charge on any atom is 0.323 e. The van der Waals surface area contributed by atoms with Crippen molar-refractivity contribution in [1.29, 1.82) is 0 Å². The first kappa shape index (κ1) is 18.8. The molecule has 4 unspecified atom stereocenters. The molecule has 0 spiro atoms. The van der Waals surface area contributed by atoms with E-state index in [0.717, 1.165) is 5.75 Å². The number of carbonyl (C=O) groups excluding carboxylic acids is 1. The molecule has 10 nitrogen and oxygen atoms in total. The Labute approximate surface area is 154 Å². The van der Waals surface area contributed by atoms with Gasteiger partial charge in [0, 0.05) is 6.42 Å². The first-order valence-corrected chi connectivity index (χ1v) is 9.58. The molecule has 1 saturated heterocycles. The summed E-state index contributed by atoms with van der Waals surface area (Å²) in [6, 6.07) is -0.700. The normalized spacial score (nSPS) is 24.0. The van der Waals surface area contributed by atoms with Crippen LogP contribution in [0.25, 0.3) is 11.2 Å². The van der Waals surface area contributed by atoms with Crippen molar-refractivity contribution in [2.45, 2.75) is 37.3 Å². The van der Waals surface area contributed by atoms with Gasteiger partial charge >= 0.3 is 5.97 Å². The molecule has 0 bridgehead atoms. The molecule has 3 heterocycles. The molecule has 1 aliphatic rings. The van der Waals surface area contributed by atoms with Crippen LogP contribution in [0.3, 0.4) is 0 Å². The van der Waals surface area contributed by atoms with E-state index < -0.39 is 30.4 Å². The first-order chi connectivity index (χ1) is 12.5. The number of ether oxygens (including phenoxy) is 2. The van der Waals surface area contributed by atoms with Gasteiger partial charge in [-0.15, -0.1) is 0 Å². The van der Waals surface area contributed by atoms with Crippen molar-refractivity contribution >= 4 is 34.7 Å². The highest BCUT2D eigenvalue weighted by atomic mass is 32.2. The molecule has 0 radical (unpaired) electrons. The van der Waals surface area contributed by atoms with Crippen molar-refractivity contribution in [3.8, 4) is 0 Å². The summed E-state index contributed by atoms with van der Waals surface area (Å²) in [5.41, 5.74) is 12.6. The van der Waals surface area contributed by atoms with Crippen molar-refractivity contribution in [2.24, 2.45) is 5.73 Å². The van der Waals surface area contributed by atoms with E-state index in [4.69, 9.17) is 20.9 Å². The minimum Gasteiger partial charge on any atom is -0.456 e. The molecule has 2 aromatic heterocycles. The fraction of sp³-hybridized carbons (Fsp3) is 0.600. The number of thioether (sulfide) groups is 1. The van der Waals surface area contributed by atoms with E-state index in [2.05, 4.69) is 15.0 Å². The minimum absolute atomic E-state index is 0.188. The lowest BCUT2D eigenvalue weighted by Gasteiger charge is -2.22. The van der Waals surface area contributed by atoms with Crippen molar-refractivity contribution in [3.63, 3.8) is 0 Å². The molecule has 0 aromatic carbocycles. The smallest absolute Gasteiger partial charge is 0.323 e. The number of hydrogen-bond acceptors (Lipinski definition) is 10. The number of esters is 1. The summed E-state index contributed by atoms with van der Waals surface area (Å²) in [5, 5.41) is 9.45. The Morgan fingerprint density at radius 1 is 1.54 bits per heavy atom. The van der Waals surface area contributed by atoms with E-state index in [1.807, 2.05) is 6.26 Å². The van der Waals surface area contributed by atoms with E-state index >= 15 is 0 Å². The number of aliphatic hydroxyl groups is 1. The number of imidazole rings is 1. The zero-order valence-electron chi connectivity index (χ0n) is 14.3. The molecule has 26 heavy (non-hydrogen) atoms. The van der Waals surface area contributed by atoms with Gasteiger partial charge in [-0.2, -0.15) is 11.8 Å². The van der Waals surface area contributed by atoms with Gasteiger partial charge in [0.1, 0.15) is 24.0 Å². The number of carbonyl (C=O) groups is 1. The molecule has 1 aliphatic heterocycles. The summed E-state index contributed by atoms with van der Waals surface area (Å²) in [6.07, 6.45) is 3.90. The molecular formula is C15H22N6O4S. The maximum atomic E-state index is 12.3. The number of nitrogens with two attached hydrogens (primary N) is 2. The topological polar surface area (TPSA) is 151 Å². The Bertz CT molecular complexity index is 772. The van der Waals surface area contributed by atoms with Crippen molar-refractivity contribution in [3.05, 3.63) is 12.7 Å². The zero-order chi connectivity index (χ0) is 18.7. The van der Waals surface area contributed by atoms with Crippen LogP contribution in [-0.2, 0) is 14.3 Å². The number of rotatable bonds is 7. The lowest BCUT2D eigenvalue weighted by Crippen LogP contribution is -2.37. The number of anilines is 1. The van der Waals surface area contributed by atoms with E-state index in [-0.39, 0.29) is 12.4 Å². The van der Waals surface area contributed by atoms with E-state index in [0.29, 0.717) is 24.0 Å². The van der Waals surface area contributed by atoms with E-state index in [1.165, 1.54) is 12.7 Å². The second kappa shape index (κ2) is 8.16. The second-order valence-electron chi connectivity index (χ2n) is 6.01. The molecule has 0 aliphatic carbocycles. The van der Waals surface area contributed by atoms with Crippen LogP contribution >= 0.6 is 11.8 Å². The van der Waals surface area contributed by atoms with Crippen molar-refractivity contribution in [1.82, 2.24) is 19.5 Å². The van der Waals surface area contributed by atoms with Crippen LogP contribution < -0.4 is 11.5 Å². The molecular weight excluding hydrogens is 360 g/mol. The van der Waals surface area contributed by atoms with Gasteiger partial charge < -0.3 is 26.0 Å². The summed E-state index contributed by atoms with van der Waals surface area (Å²) in [7, 11) is 0. The zero-order valence-corrected chi connectivity index (χ0v) is 15.1. The van der Waals surface area contributed by atoms with E-state index in [9.17, 15) is 9.90 Å². The number of aromatic nitrogens is 4. The molecule has 4 atom stereocenters. The predicted molar refractivity (Wildman–Crippen MR) is 96.2 cm³/mol. The monoisotopic (exact) mass is 382 g/mol. The molecule has 2 aromatic rings. The van der Waals surface area contributed by atoms with Crippen molar-refractivity contribution in [2.75, 3.05) is 24.3 Å². The number of fused-ring (bicyclic) bond motifs is 1. The highest BCUT2D eigenvalue weighted by Gasteiger charge is 2.40. The molecule has 0 saturated carbocycles. The van der Waals surface area contributed by atoms with Crippen LogP contribution in [0.4, 0.5) is 5.82 Å². The lowest BCUT2D eigenvalue weighted by atomic mass is 10.2. The van der Waals surface area contributed by atoms with Gasteiger partial charge in [0.15, 0.2) is 17.7 Å². The van der Waals surface area contributed by atoms with Gasteiger partial charge in [-0.3, -0.25) is 9.36 Å². The highest BCUT2D eigenvalue weighted by molar-refractivity contribution is 7.98. The molecule has 142 valence electrons. The fourth-order valence-electron chi connectivity index (χ4n) is 2.84. The van der Waals surface area contributed by atoms with Crippen LogP contribution in [-0.4, -0.2) is 67.5 Å². The van der Waals surface area contributed by atoms with Crippen LogP contribution in [0.1, 0.15) is 19.1 Å². The second-order valence-corrected chi connectivity index (χ2v) is 7.00. The average Bonchev–Trinajstić information content (AvgIpc) is 3.24. The molecule has 1 fully saturated rings. The Kier molecular flexibility index (Phi) is 5.91. The molecule has 3 rings (SSSR count). The van der Waals surface area contributed by atoms with Crippen LogP contribution in [0.2, 0.25) is 0 Å². The summed E-state index contributed by atoms with van der Waals surface area (Å²) < 4.78 is 13.0. The predicted octanol–water partition coefficient (Wildman–Crippen LogP) is -0.319. The van der Waals surface area contributed by atoms with Crippen LogP contribution in [0.15, 0.2) is 12.7 Å². The number of hydrogen-bond donors (Lipinski definition) is 3. The van der Waals surface area contributed by atoms with Gasteiger partial charge in [0.2, 0.25) is 0 Å². The quantitative estimate of drug-likeness (QED) is 0.543. The molecule has 11 heteroatoms. The standard InChI is InChI=1S/C15H22N6O4S/c1-26-3-2-9(16)15(23)25-10-4-8(5-22)24-14(10)21-7-20-11-12(17)18-6-19-13(11)21/h6-10,14,22H,2-5,16H2,1H3,(H2,17,18,19). The van der Waals surface area contributed by atoms with E-state index in [1.54, 1.807) is 16.3 Å². The average molecular weight is 382 g/mol. The number of nitrogens with zero attached hydrogens (tertiary/aromatic N) is 4. The number of nitrogen functional groups attached to an aromatic ring is 1. The van der Waals surface area contributed by atoms with Gasteiger partial charge in [-0.05, 0) is 18.4 Å². The Balaban J connectivity index is 1.81. The van der Waals surface area contributed by atoms with Gasteiger partial charge in [0.25, 0.3) is 0 Å². The lowest BCUT2D eigenvalue weighted by molar-refractivity contribution is -0.156. The molecule has 0 amide bonds. The highest BCUT2D eigenvalue weighted by Crippen LogP contribution is 2.33. The summed E-state index contributed by atoms with van der Waals surface area (Å²) in [6.45, 7) is -0.188. The largest absolute Gasteiger partial charge is 0.456 e. The first-order valence-electron chi connectivity index (χ1n) is 8.19. The van der Waals surface area contributed by atoms with Gasteiger partial charge in [-0.1, -0.05) is 0 Å². The third kappa shape index (κ3) is 3.75. The number of aliphatic hydroxyl groups excluding tert-OH is 1. The molecule has 5 N–H and O–H groups in total. The Morgan fingerprint density at radius 3 is 3.08 bits per heavy atom. The Hall–Kier alpha value is -1.95. The SMILES string of the molecule is CSCCC(N)C(=O)OC1CC(CO)OC1n1cnc2c(N)ncnc21. The summed E-state index contributed by atoms with van der Waals surface area (Å²) in [4.78, 5) is 24.6. The third-order valence-corrected chi connectivity index (χ3v) is 4.86. The van der Waals surface area contributed by atoms with Crippen LogP contribution in [0, 0.1) is 0 Å².